The van der Waals surface area contributed by atoms with E-state index in [4.69, 9.17) is 5.11 Å². The standard InChI is InChI=1S/C10H13N3O4S/c1-17-8(14)7-6-11-9(18-7)12-2-4-13(5-3-12)10(15)16/h6H,2-5H2,1H3,(H,15,16). The van der Waals surface area contributed by atoms with Gasteiger partial charge in [-0.3, -0.25) is 0 Å². The summed E-state index contributed by atoms with van der Waals surface area (Å²) < 4.78 is 4.61. The lowest BCUT2D eigenvalue weighted by Gasteiger charge is -2.32. The fourth-order valence-corrected chi connectivity index (χ4v) is 2.58. The van der Waals surface area contributed by atoms with Crippen LogP contribution in [0.1, 0.15) is 9.67 Å². The molecule has 1 fully saturated rings. The Balaban J connectivity index is 1.99. The second kappa shape index (κ2) is 5.21. The Hall–Kier alpha value is -1.83. The molecule has 1 amide bonds. The number of thiazole rings is 1. The number of esters is 1. The smallest absolute Gasteiger partial charge is 0.407 e. The second-order valence-electron chi connectivity index (χ2n) is 3.76. The van der Waals surface area contributed by atoms with Gasteiger partial charge in [0.1, 0.15) is 4.88 Å². The topological polar surface area (TPSA) is 83.0 Å². The van der Waals surface area contributed by atoms with Crippen LogP contribution in [0.25, 0.3) is 0 Å². The first kappa shape index (κ1) is 12.6. The Kier molecular flexibility index (Phi) is 3.66. The molecule has 18 heavy (non-hydrogen) atoms. The Morgan fingerprint density at radius 2 is 2.06 bits per heavy atom. The molecule has 2 heterocycles. The molecule has 7 nitrogen and oxygen atoms in total. The Morgan fingerprint density at radius 1 is 1.39 bits per heavy atom. The van der Waals surface area contributed by atoms with Crippen LogP contribution in [0, 0.1) is 0 Å². The average Bonchev–Trinajstić information content (AvgIpc) is 2.87. The molecule has 1 aromatic heterocycles. The summed E-state index contributed by atoms with van der Waals surface area (Å²) in [5.74, 6) is -0.400. The lowest BCUT2D eigenvalue weighted by Crippen LogP contribution is -2.48. The molecular weight excluding hydrogens is 258 g/mol. The third-order valence-corrected chi connectivity index (χ3v) is 3.74. The molecule has 8 heteroatoms. The largest absolute Gasteiger partial charge is 0.465 e. The van der Waals surface area contributed by atoms with E-state index in [1.54, 1.807) is 0 Å². The number of nitrogens with zero attached hydrogens (tertiary/aromatic N) is 3. The highest BCUT2D eigenvalue weighted by Crippen LogP contribution is 2.24. The number of aromatic nitrogens is 1. The number of carbonyl (C=O) groups is 2. The van der Waals surface area contributed by atoms with Gasteiger partial charge in [-0.15, -0.1) is 0 Å². The van der Waals surface area contributed by atoms with Gasteiger partial charge in [-0.25, -0.2) is 14.6 Å². The van der Waals surface area contributed by atoms with Gasteiger partial charge in [0.2, 0.25) is 0 Å². The molecule has 2 rings (SSSR count). The Bertz CT molecular complexity index is 454. The fourth-order valence-electron chi connectivity index (χ4n) is 1.70. The highest BCUT2D eigenvalue weighted by molar-refractivity contribution is 7.17. The number of methoxy groups -OCH3 is 1. The van der Waals surface area contributed by atoms with Crippen LogP contribution in [0.4, 0.5) is 9.93 Å². The molecule has 0 saturated carbocycles. The number of carbonyl (C=O) groups excluding carboxylic acids is 1. The van der Waals surface area contributed by atoms with Crippen molar-refractivity contribution < 1.29 is 19.4 Å². The van der Waals surface area contributed by atoms with Gasteiger partial charge in [0.05, 0.1) is 13.3 Å². The van der Waals surface area contributed by atoms with Crippen molar-refractivity contribution in [2.75, 3.05) is 38.2 Å². The van der Waals surface area contributed by atoms with Crippen LogP contribution in [0.2, 0.25) is 0 Å². The summed E-state index contributed by atoms with van der Waals surface area (Å²) >= 11 is 1.26. The van der Waals surface area contributed by atoms with Crippen LogP contribution in [-0.4, -0.2) is 60.3 Å². The van der Waals surface area contributed by atoms with Gasteiger partial charge in [0, 0.05) is 26.2 Å². The first-order valence-corrected chi connectivity index (χ1v) is 6.20. The van der Waals surface area contributed by atoms with Crippen molar-refractivity contribution in [3.8, 4) is 0 Å². The molecule has 0 bridgehead atoms. The number of ether oxygens (including phenoxy) is 1. The van der Waals surface area contributed by atoms with Crippen molar-refractivity contribution in [2.24, 2.45) is 0 Å². The maximum atomic E-state index is 11.3. The van der Waals surface area contributed by atoms with Gasteiger partial charge < -0.3 is 19.6 Å². The molecule has 98 valence electrons. The van der Waals surface area contributed by atoms with E-state index < -0.39 is 12.1 Å². The molecule has 0 radical (unpaired) electrons. The maximum Gasteiger partial charge on any atom is 0.407 e. The SMILES string of the molecule is COC(=O)c1cnc(N2CCN(C(=O)O)CC2)s1. The summed E-state index contributed by atoms with van der Waals surface area (Å²) in [4.78, 5) is 30.0. The fraction of sp³-hybridized carbons (Fsp3) is 0.500. The molecule has 0 aliphatic carbocycles. The first-order valence-electron chi connectivity index (χ1n) is 5.39. The lowest BCUT2D eigenvalue weighted by molar-refractivity contribution is 0.0606. The van der Waals surface area contributed by atoms with Crippen molar-refractivity contribution in [3.63, 3.8) is 0 Å². The van der Waals surface area contributed by atoms with E-state index >= 15 is 0 Å². The van der Waals surface area contributed by atoms with Gasteiger partial charge in [0.25, 0.3) is 0 Å². The van der Waals surface area contributed by atoms with Crippen molar-refractivity contribution in [1.29, 1.82) is 0 Å². The van der Waals surface area contributed by atoms with E-state index in [1.165, 1.54) is 29.5 Å². The summed E-state index contributed by atoms with van der Waals surface area (Å²) in [7, 11) is 1.33. The predicted octanol–water partition coefficient (Wildman–Crippen LogP) is 0.730. The Morgan fingerprint density at radius 3 is 2.61 bits per heavy atom. The third-order valence-electron chi connectivity index (χ3n) is 2.70. The molecule has 1 aromatic rings. The minimum absolute atomic E-state index is 0.400. The van der Waals surface area contributed by atoms with E-state index in [1.807, 2.05) is 4.90 Å². The van der Waals surface area contributed by atoms with Crippen molar-refractivity contribution >= 4 is 28.5 Å². The molecule has 1 aliphatic rings. The highest BCUT2D eigenvalue weighted by Gasteiger charge is 2.23. The molecule has 1 saturated heterocycles. The van der Waals surface area contributed by atoms with Gasteiger partial charge >= 0.3 is 12.1 Å². The van der Waals surface area contributed by atoms with Gasteiger partial charge in [0.15, 0.2) is 5.13 Å². The summed E-state index contributed by atoms with van der Waals surface area (Å²) in [6.07, 6.45) is 0.583. The number of anilines is 1. The Labute approximate surface area is 108 Å². The van der Waals surface area contributed by atoms with Crippen LogP contribution in [-0.2, 0) is 4.74 Å². The molecule has 0 unspecified atom stereocenters. The number of rotatable bonds is 2. The van der Waals surface area contributed by atoms with Gasteiger partial charge in [-0.2, -0.15) is 0 Å². The van der Waals surface area contributed by atoms with Gasteiger partial charge in [-0.1, -0.05) is 11.3 Å². The zero-order chi connectivity index (χ0) is 13.1. The van der Waals surface area contributed by atoms with Crippen LogP contribution < -0.4 is 4.90 Å². The minimum Gasteiger partial charge on any atom is -0.465 e. The molecule has 0 aromatic carbocycles. The van der Waals surface area contributed by atoms with Crippen LogP contribution in [0.15, 0.2) is 6.20 Å². The monoisotopic (exact) mass is 271 g/mol. The number of hydrogen-bond donors (Lipinski definition) is 1. The molecule has 1 N–H and O–H groups in total. The number of hydrogen-bond acceptors (Lipinski definition) is 6. The lowest BCUT2D eigenvalue weighted by atomic mass is 10.3. The highest BCUT2D eigenvalue weighted by atomic mass is 32.1. The van der Waals surface area contributed by atoms with E-state index in [9.17, 15) is 9.59 Å². The summed E-state index contributed by atoms with van der Waals surface area (Å²) in [6.45, 7) is 2.06. The second-order valence-corrected chi connectivity index (χ2v) is 4.76. The predicted molar refractivity (Wildman–Crippen MR) is 65.3 cm³/mol. The third kappa shape index (κ3) is 2.53. The van der Waals surface area contributed by atoms with Crippen LogP contribution in [0.5, 0.6) is 0 Å². The van der Waals surface area contributed by atoms with Gasteiger partial charge in [-0.05, 0) is 0 Å². The first-order chi connectivity index (χ1) is 8.61. The van der Waals surface area contributed by atoms with Crippen LogP contribution >= 0.6 is 11.3 Å². The minimum atomic E-state index is -0.899. The van der Waals surface area contributed by atoms with Crippen LogP contribution in [0.3, 0.4) is 0 Å². The quantitative estimate of drug-likeness (QED) is 0.798. The number of carboxylic acid groups (broad SMARTS) is 1. The van der Waals surface area contributed by atoms with E-state index in [0.717, 1.165) is 5.13 Å². The molecule has 1 aliphatic heterocycles. The van der Waals surface area contributed by atoms with Crippen molar-refractivity contribution in [2.45, 2.75) is 0 Å². The molecular formula is C10H13N3O4S. The number of amides is 1. The van der Waals surface area contributed by atoms with E-state index in [0.29, 0.717) is 31.1 Å². The normalized spacial score (nSPS) is 15.6. The maximum absolute atomic E-state index is 11.3. The molecule has 0 atom stereocenters. The zero-order valence-electron chi connectivity index (χ0n) is 9.83. The summed E-state index contributed by atoms with van der Waals surface area (Å²) in [5.41, 5.74) is 0. The number of piperazine rings is 1. The average molecular weight is 271 g/mol. The van der Waals surface area contributed by atoms with E-state index in [2.05, 4.69) is 9.72 Å². The molecule has 0 spiro atoms. The zero-order valence-corrected chi connectivity index (χ0v) is 10.6. The van der Waals surface area contributed by atoms with Crippen molar-refractivity contribution in [1.82, 2.24) is 9.88 Å². The summed E-state index contributed by atoms with van der Waals surface area (Å²) in [5, 5.41) is 9.56. The van der Waals surface area contributed by atoms with E-state index in [-0.39, 0.29) is 0 Å². The summed E-state index contributed by atoms with van der Waals surface area (Å²) in [6, 6.07) is 0. The van der Waals surface area contributed by atoms with Crippen molar-refractivity contribution in [3.05, 3.63) is 11.1 Å².